The van der Waals surface area contributed by atoms with Crippen LogP contribution in [0, 0.1) is 5.92 Å². The predicted octanol–water partition coefficient (Wildman–Crippen LogP) is 2.99. The standard InChI is InChI=1S/C21H28N4O2/c1-15-10-12-26-19(15)20-22-23-21(24-13-17-7-8-18(14-24)27-17)25(20)11-9-16-5-3-2-4-6-16/h2-6,15,17-19H,7-14H2,1H3/t15-,17?,18?,19+/m0/s1. The van der Waals surface area contributed by atoms with Crippen LogP contribution in [0.15, 0.2) is 30.3 Å². The molecule has 0 aliphatic carbocycles. The van der Waals surface area contributed by atoms with Crippen LogP contribution in [0.1, 0.15) is 43.7 Å². The third kappa shape index (κ3) is 3.36. The Morgan fingerprint density at radius 3 is 2.52 bits per heavy atom. The van der Waals surface area contributed by atoms with Gasteiger partial charge in [-0.25, -0.2) is 0 Å². The van der Waals surface area contributed by atoms with E-state index >= 15 is 0 Å². The molecule has 0 radical (unpaired) electrons. The van der Waals surface area contributed by atoms with Crippen LogP contribution >= 0.6 is 0 Å². The minimum Gasteiger partial charge on any atom is -0.371 e. The highest BCUT2D eigenvalue weighted by Gasteiger charge is 2.37. The maximum absolute atomic E-state index is 6.03. The second kappa shape index (κ2) is 7.24. The molecule has 2 bridgehead atoms. The van der Waals surface area contributed by atoms with Gasteiger partial charge in [0.05, 0.1) is 12.2 Å². The first-order valence-electron chi connectivity index (χ1n) is 10.3. The minimum absolute atomic E-state index is 0.0554. The number of rotatable bonds is 5. The van der Waals surface area contributed by atoms with Gasteiger partial charge in [0.15, 0.2) is 5.82 Å². The van der Waals surface area contributed by atoms with Crippen LogP contribution in [-0.2, 0) is 22.4 Å². The average molecular weight is 368 g/mol. The number of aryl methyl sites for hydroxylation is 1. The minimum atomic E-state index is 0.0554. The van der Waals surface area contributed by atoms with E-state index in [1.54, 1.807) is 0 Å². The highest BCUT2D eigenvalue weighted by molar-refractivity contribution is 5.34. The summed E-state index contributed by atoms with van der Waals surface area (Å²) in [6.07, 6.45) is 5.12. The van der Waals surface area contributed by atoms with Crippen molar-refractivity contribution in [3.63, 3.8) is 0 Å². The molecule has 3 fully saturated rings. The van der Waals surface area contributed by atoms with Gasteiger partial charge in [0.1, 0.15) is 6.10 Å². The summed E-state index contributed by atoms with van der Waals surface area (Å²) in [4.78, 5) is 2.38. The summed E-state index contributed by atoms with van der Waals surface area (Å²) in [6.45, 7) is 5.78. The Labute approximate surface area is 160 Å². The molecule has 1 aromatic heterocycles. The second-order valence-electron chi connectivity index (χ2n) is 8.17. The third-order valence-corrected chi connectivity index (χ3v) is 6.20. The zero-order valence-corrected chi connectivity index (χ0v) is 16.0. The molecule has 6 nitrogen and oxygen atoms in total. The van der Waals surface area contributed by atoms with Crippen LogP contribution in [0.4, 0.5) is 5.95 Å². The van der Waals surface area contributed by atoms with Crippen molar-refractivity contribution >= 4 is 5.95 Å². The van der Waals surface area contributed by atoms with Crippen molar-refractivity contribution in [3.8, 4) is 0 Å². The Balaban J connectivity index is 1.44. The lowest BCUT2D eigenvalue weighted by Gasteiger charge is -2.33. The molecular weight excluding hydrogens is 340 g/mol. The van der Waals surface area contributed by atoms with Crippen molar-refractivity contribution in [3.05, 3.63) is 41.7 Å². The first kappa shape index (κ1) is 17.2. The molecule has 0 N–H and O–H groups in total. The normalized spacial score (nSPS) is 30.2. The van der Waals surface area contributed by atoms with E-state index in [0.29, 0.717) is 18.1 Å². The number of hydrogen-bond acceptors (Lipinski definition) is 5. The Kier molecular flexibility index (Phi) is 4.61. The van der Waals surface area contributed by atoms with Crippen LogP contribution < -0.4 is 4.90 Å². The SMILES string of the molecule is C[C@H]1CCO[C@H]1c1nnc(N2CC3CCC(C2)O3)n1CCc1ccccc1. The molecule has 6 heteroatoms. The van der Waals surface area contributed by atoms with E-state index in [-0.39, 0.29) is 6.10 Å². The number of ether oxygens (including phenoxy) is 2. The van der Waals surface area contributed by atoms with Crippen molar-refractivity contribution < 1.29 is 9.47 Å². The van der Waals surface area contributed by atoms with Crippen LogP contribution in [0.5, 0.6) is 0 Å². The number of hydrogen-bond donors (Lipinski definition) is 0. The van der Waals surface area contributed by atoms with Crippen LogP contribution in [-0.4, -0.2) is 46.7 Å². The molecule has 27 heavy (non-hydrogen) atoms. The summed E-state index contributed by atoms with van der Waals surface area (Å²) in [5, 5.41) is 9.24. The summed E-state index contributed by atoms with van der Waals surface area (Å²) in [5.41, 5.74) is 1.34. The number of benzene rings is 1. The van der Waals surface area contributed by atoms with Crippen molar-refractivity contribution in [1.29, 1.82) is 0 Å². The van der Waals surface area contributed by atoms with Gasteiger partial charge in [-0.2, -0.15) is 0 Å². The van der Waals surface area contributed by atoms with Crippen molar-refractivity contribution in [2.45, 2.75) is 57.5 Å². The third-order valence-electron chi connectivity index (χ3n) is 6.20. The van der Waals surface area contributed by atoms with Gasteiger partial charge in [-0.15, -0.1) is 10.2 Å². The Hall–Kier alpha value is -1.92. The van der Waals surface area contributed by atoms with Crippen LogP contribution in [0.2, 0.25) is 0 Å². The number of nitrogens with zero attached hydrogens (tertiary/aromatic N) is 4. The number of morpholine rings is 1. The molecule has 144 valence electrons. The van der Waals surface area contributed by atoms with Crippen molar-refractivity contribution in [2.24, 2.45) is 5.92 Å². The lowest BCUT2D eigenvalue weighted by Crippen LogP contribution is -2.44. The van der Waals surface area contributed by atoms with E-state index in [1.807, 2.05) is 0 Å². The average Bonchev–Trinajstić information content (AvgIpc) is 3.39. The zero-order valence-electron chi connectivity index (χ0n) is 16.0. The largest absolute Gasteiger partial charge is 0.371 e. The van der Waals surface area contributed by atoms with E-state index in [1.165, 1.54) is 5.56 Å². The number of anilines is 1. The fourth-order valence-corrected chi connectivity index (χ4v) is 4.65. The molecule has 1 aromatic carbocycles. The smallest absolute Gasteiger partial charge is 0.227 e. The molecular formula is C21H28N4O2. The lowest BCUT2D eigenvalue weighted by atomic mass is 10.0. The van der Waals surface area contributed by atoms with Crippen molar-refractivity contribution in [1.82, 2.24) is 14.8 Å². The molecule has 0 amide bonds. The summed E-state index contributed by atoms with van der Waals surface area (Å²) in [6, 6.07) is 10.6. The Bertz CT molecular complexity index is 766. The molecule has 2 unspecified atom stereocenters. The van der Waals surface area contributed by atoms with Gasteiger partial charge in [-0.05, 0) is 37.2 Å². The maximum Gasteiger partial charge on any atom is 0.227 e. The molecule has 4 atom stereocenters. The van der Waals surface area contributed by atoms with Gasteiger partial charge in [0, 0.05) is 26.2 Å². The van der Waals surface area contributed by atoms with Gasteiger partial charge in [0.2, 0.25) is 5.95 Å². The Morgan fingerprint density at radius 1 is 1.04 bits per heavy atom. The van der Waals surface area contributed by atoms with Gasteiger partial charge < -0.3 is 14.4 Å². The monoisotopic (exact) mass is 368 g/mol. The molecule has 2 aromatic rings. The fourth-order valence-electron chi connectivity index (χ4n) is 4.65. The molecule has 3 aliphatic heterocycles. The topological polar surface area (TPSA) is 52.4 Å². The molecule has 4 heterocycles. The van der Waals surface area contributed by atoms with Crippen LogP contribution in [0.25, 0.3) is 0 Å². The van der Waals surface area contributed by atoms with E-state index in [2.05, 4.69) is 56.9 Å². The molecule has 5 rings (SSSR count). The zero-order chi connectivity index (χ0) is 18.2. The predicted molar refractivity (Wildman–Crippen MR) is 103 cm³/mol. The highest BCUT2D eigenvalue weighted by Crippen LogP contribution is 2.36. The first-order chi connectivity index (χ1) is 13.3. The summed E-state index contributed by atoms with van der Waals surface area (Å²) < 4.78 is 14.4. The first-order valence-corrected chi connectivity index (χ1v) is 10.3. The van der Waals surface area contributed by atoms with Gasteiger partial charge >= 0.3 is 0 Å². The quantitative estimate of drug-likeness (QED) is 0.812. The van der Waals surface area contributed by atoms with E-state index in [9.17, 15) is 0 Å². The molecule has 0 spiro atoms. The fraction of sp³-hybridized carbons (Fsp3) is 0.619. The highest BCUT2D eigenvalue weighted by atomic mass is 16.5. The summed E-state index contributed by atoms with van der Waals surface area (Å²) in [5.74, 6) is 2.46. The van der Waals surface area contributed by atoms with E-state index < -0.39 is 0 Å². The van der Waals surface area contributed by atoms with Crippen LogP contribution in [0.3, 0.4) is 0 Å². The van der Waals surface area contributed by atoms with Crippen molar-refractivity contribution in [2.75, 3.05) is 24.6 Å². The summed E-state index contributed by atoms with van der Waals surface area (Å²) in [7, 11) is 0. The number of fused-ring (bicyclic) bond motifs is 2. The molecule has 3 aliphatic rings. The summed E-state index contributed by atoms with van der Waals surface area (Å²) >= 11 is 0. The van der Waals surface area contributed by atoms with Gasteiger partial charge in [-0.1, -0.05) is 37.3 Å². The lowest BCUT2D eigenvalue weighted by molar-refractivity contribution is 0.0296. The molecule has 0 saturated carbocycles. The van der Waals surface area contributed by atoms with E-state index in [0.717, 1.165) is 63.7 Å². The number of aromatic nitrogens is 3. The second-order valence-corrected chi connectivity index (χ2v) is 8.17. The van der Waals surface area contributed by atoms with Gasteiger partial charge in [0.25, 0.3) is 0 Å². The van der Waals surface area contributed by atoms with Gasteiger partial charge in [-0.3, -0.25) is 4.57 Å². The molecule has 3 saturated heterocycles. The van der Waals surface area contributed by atoms with E-state index in [4.69, 9.17) is 9.47 Å². The Morgan fingerprint density at radius 2 is 1.81 bits per heavy atom. The maximum atomic E-state index is 6.03.